The molecule has 0 saturated heterocycles. The summed E-state index contributed by atoms with van der Waals surface area (Å²) in [6.07, 6.45) is -0.558. The highest BCUT2D eigenvalue weighted by Gasteiger charge is 2.12. The van der Waals surface area contributed by atoms with Crippen LogP contribution in [0.3, 0.4) is 0 Å². The van der Waals surface area contributed by atoms with Crippen LogP contribution in [0.25, 0.3) is 0 Å². The fourth-order valence-corrected chi connectivity index (χ4v) is 1.91. The lowest BCUT2D eigenvalue weighted by molar-refractivity contribution is 0.0938. The van der Waals surface area contributed by atoms with Crippen molar-refractivity contribution in [2.75, 3.05) is 6.54 Å². The van der Waals surface area contributed by atoms with Gasteiger partial charge < -0.3 is 10.4 Å². The van der Waals surface area contributed by atoms with Gasteiger partial charge in [-0.2, -0.15) is 0 Å². The summed E-state index contributed by atoms with van der Waals surface area (Å²) in [7, 11) is 0. The van der Waals surface area contributed by atoms with E-state index in [9.17, 15) is 18.7 Å². The van der Waals surface area contributed by atoms with E-state index < -0.39 is 17.8 Å². The van der Waals surface area contributed by atoms with Gasteiger partial charge in [-0.15, -0.1) is 0 Å². The lowest BCUT2D eigenvalue weighted by Crippen LogP contribution is -2.26. The molecule has 2 N–H and O–H groups in total. The normalized spacial score (nSPS) is 12.0. The minimum atomic E-state index is -0.813. The van der Waals surface area contributed by atoms with Crippen LogP contribution in [0.1, 0.15) is 28.4 Å². The zero-order valence-electron chi connectivity index (χ0n) is 11.2. The van der Waals surface area contributed by atoms with Gasteiger partial charge in [-0.3, -0.25) is 4.79 Å². The molecule has 0 aliphatic heterocycles. The van der Waals surface area contributed by atoms with Crippen molar-refractivity contribution in [1.82, 2.24) is 5.32 Å². The van der Waals surface area contributed by atoms with Crippen LogP contribution in [0, 0.1) is 11.6 Å². The summed E-state index contributed by atoms with van der Waals surface area (Å²) in [6.45, 7) is 0.186. The first-order valence-corrected chi connectivity index (χ1v) is 6.54. The molecule has 0 saturated carbocycles. The highest BCUT2D eigenvalue weighted by molar-refractivity contribution is 5.94. The van der Waals surface area contributed by atoms with E-state index in [1.807, 2.05) is 0 Å². The summed E-state index contributed by atoms with van der Waals surface area (Å²) in [6, 6.07) is 11.2. The Morgan fingerprint density at radius 3 is 2.43 bits per heavy atom. The molecule has 0 aromatic heterocycles. The van der Waals surface area contributed by atoms with Gasteiger partial charge in [0.25, 0.3) is 5.91 Å². The summed E-state index contributed by atoms with van der Waals surface area (Å²) in [5.74, 6) is -1.49. The number of carbonyl (C=O) groups is 1. The molecule has 0 aliphatic carbocycles. The van der Waals surface area contributed by atoms with Gasteiger partial charge in [-0.05, 0) is 36.2 Å². The second-order valence-electron chi connectivity index (χ2n) is 4.59. The van der Waals surface area contributed by atoms with Crippen LogP contribution in [0.4, 0.5) is 8.78 Å². The molecule has 0 fully saturated rings. The summed E-state index contributed by atoms with van der Waals surface area (Å²) < 4.78 is 26.1. The maximum atomic E-state index is 13.4. The van der Waals surface area contributed by atoms with Gasteiger partial charge in [0, 0.05) is 6.54 Å². The van der Waals surface area contributed by atoms with Crippen LogP contribution in [0.5, 0.6) is 0 Å². The number of carbonyl (C=O) groups excluding carboxylic acids is 1. The predicted molar refractivity (Wildman–Crippen MR) is 74.7 cm³/mol. The lowest BCUT2D eigenvalue weighted by atomic mass is 10.1. The Morgan fingerprint density at radius 2 is 1.76 bits per heavy atom. The zero-order chi connectivity index (χ0) is 15.2. The first-order chi connectivity index (χ1) is 10.1. The SMILES string of the molecule is O=C(NCCC(O)c1ccc(F)cc1)c1ccccc1F. The number of amides is 1. The third kappa shape index (κ3) is 4.10. The van der Waals surface area contributed by atoms with Gasteiger partial charge in [0.15, 0.2) is 0 Å². The van der Waals surface area contributed by atoms with Crippen LogP contribution in [-0.4, -0.2) is 17.6 Å². The molecule has 2 rings (SSSR count). The van der Waals surface area contributed by atoms with E-state index in [0.717, 1.165) is 0 Å². The number of benzene rings is 2. The molecule has 2 aromatic rings. The Labute approximate surface area is 121 Å². The maximum Gasteiger partial charge on any atom is 0.254 e. The van der Waals surface area contributed by atoms with Gasteiger partial charge in [0.2, 0.25) is 0 Å². The number of hydrogen-bond donors (Lipinski definition) is 2. The van der Waals surface area contributed by atoms with E-state index in [2.05, 4.69) is 5.32 Å². The molecule has 1 unspecified atom stereocenters. The molecule has 0 heterocycles. The van der Waals surface area contributed by atoms with Crippen LogP contribution in [-0.2, 0) is 0 Å². The summed E-state index contributed by atoms with van der Waals surface area (Å²) in [5.41, 5.74) is 0.533. The first kappa shape index (κ1) is 15.1. The number of hydrogen-bond acceptors (Lipinski definition) is 2. The van der Waals surface area contributed by atoms with Crippen molar-refractivity contribution in [3.05, 3.63) is 71.3 Å². The molecule has 5 heteroatoms. The molecule has 110 valence electrons. The Balaban J connectivity index is 1.85. The minimum absolute atomic E-state index is 0.0335. The Hall–Kier alpha value is -2.27. The Kier molecular flexibility index (Phi) is 5.00. The number of rotatable bonds is 5. The number of aliphatic hydroxyl groups excluding tert-OH is 1. The fourth-order valence-electron chi connectivity index (χ4n) is 1.91. The van der Waals surface area contributed by atoms with E-state index in [-0.39, 0.29) is 24.3 Å². The van der Waals surface area contributed by atoms with Crippen LogP contribution in [0.2, 0.25) is 0 Å². The van der Waals surface area contributed by atoms with E-state index in [4.69, 9.17) is 0 Å². The van der Waals surface area contributed by atoms with Gasteiger partial charge in [-0.1, -0.05) is 24.3 Å². The first-order valence-electron chi connectivity index (χ1n) is 6.54. The smallest absolute Gasteiger partial charge is 0.254 e. The predicted octanol–water partition coefficient (Wildman–Crippen LogP) is 2.82. The molecule has 0 bridgehead atoms. The van der Waals surface area contributed by atoms with E-state index in [0.29, 0.717) is 5.56 Å². The number of aliphatic hydroxyl groups is 1. The van der Waals surface area contributed by atoms with Crippen molar-refractivity contribution in [3.63, 3.8) is 0 Å². The molecule has 1 amide bonds. The Morgan fingerprint density at radius 1 is 1.10 bits per heavy atom. The molecular weight excluding hydrogens is 276 g/mol. The van der Waals surface area contributed by atoms with E-state index >= 15 is 0 Å². The van der Waals surface area contributed by atoms with Gasteiger partial charge >= 0.3 is 0 Å². The minimum Gasteiger partial charge on any atom is -0.388 e. The standard InChI is InChI=1S/C16H15F2NO2/c17-12-7-5-11(6-8-12)15(20)9-10-19-16(21)13-3-1-2-4-14(13)18/h1-8,15,20H,9-10H2,(H,19,21). The molecule has 3 nitrogen and oxygen atoms in total. The molecule has 1 atom stereocenters. The lowest BCUT2D eigenvalue weighted by Gasteiger charge is -2.12. The Bertz CT molecular complexity index is 614. The highest BCUT2D eigenvalue weighted by Crippen LogP contribution is 2.16. The van der Waals surface area contributed by atoms with Crippen molar-refractivity contribution >= 4 is 5.91 Å². The van der Waals surface area contributed by atoms with Crippen LogP contribution in [0.15, 0.2) is 48.5 Å². The molecule has 0 radical (unpaired) electrons. The largest absolute Gasteiger partial charge is 0.388 e. The van der Waals surface area contributed by atoms with Gasteiger partial charge in [-0.25, -0.2) is 8.78 Å². The third-order valence-corrected chi connectivity index (χ3v) is 3.08. The molecular formula is C16H15F2NO2. The van der Waals surface area contributed by atoms with Gasteiger partial charge in [0.1, 0.15) is 11.6 Å². The van der Waals surface area contributed by atoms with Crippen molar-refractivity contribution in [3.8, 4) is 0 Å². The summed E-state index contributed by atoms with van der Waals surface area (Å²) >= 11 is 0. The third-order valence-electron chi connectivity index (χ3n) is 3.08. The van der Waals surface area contributed by atoms with Crippen LogP contribution >= 0.6 is 0 Å². The average Bonchev–Trinajstić information content (AvgIpc) is 2.48. The second kappa shape index (κ2) is 6.95. The van der Waals surface area contributed by atoms with Crippen molar-refractivity contribution in [1.29, 1.82) is 0 Å². The number of halogens is 2. The fraction of sp³-hybridized carbons (Fsp3) is 0.188. The highest BCUT2D eigenvalue weighted by atomic mass is 19.1. The second-order valence-corrected chi connectivity index (χ2v) is 4.59. The number of nitrogens with one attached hydrogen (secondary N) is 1. The molecule has 0 aliphatic rings. The summed E-state index contributed by atoms with van der Waals surface area (Å²) in [4.78, 5) is 11.7. The van der Waals surface area contributed by atoms with Crippen LogP contribution < -0.4 is 5.32 Å². The zero-order valence-corrected chi connectivity index (χ0v) is 11.2. The molecule has 21 heavy (non-hydrogen) atoms. The van der Waals surface area contributed by atoms with Crippen molar-refractivity contribution in [2.24, 2.45) is 0 Å². The maximum absolute atomic E-state index is 13.4. The monoisotopic (exact) mass is 291 g/mol. The molecule has 2 aromatic carbocycles. The van der Waals surface area contributed by atoms with E-state index in [1.54, 1.807) is 6.07 Å². The van der Waals surface area contributed by atoms with Crippen molar-refractivity contribution < 1.29 is 18.7 Å². The van der Waals surface area contributed by atoms with Gasteiger partial charge in [0.05, 0.1) is 11.7 Å². The summed E-state index contributed by atoms with van der Waals surface area (Å²) in [5, 5.41) is 12.4. The molecule has 0 spiro atoms. The van der Waals surface area contributed by atoms with Crippen molar-refractivity contribution in [2.45, 2.75) is 12.5 Å². The van der Waals surface area contributed by atoms with E-state index in [1.165, 1.54) is 42.5 Å². The topological polar surface area (TPSA) is 49.3 Å². The average molecular weight is 291 g/mol. The quantitative estimate of drug-likeness (QED) is 0.890.